The summed E-state index contributed by atoms with van der Waals surface area (Å²) in [6.07, 6.45) is 2.54. The van der Waals surface area contributed by atoms with Crippen molar-refractivity contribution in [2.75, 3.05) is 18.0 Å². The second-order valence-electron chi connectivity index (χ2n) is 6.93. The smallest absolute Gasteiger partial charge is 0.0726 e. The highest BCUT2D eigenvalue weighted by Crippen LogP contribution is 2.29. The van der Waals surface area contributed by atoms with E-state index in [2.05, 4.69) is 68.1 Å². The molecule has 3 rings (SSSR count). The van der Waals surface area contributed by atoms with Crippen molar-refractivity contribution in [1.29, 1.82) is 0 Å². The monoisotopic (exact) mass is 343 g/mol. The molecule has 0 bridgehead atoms. The van der Waals surface area contributed by atoms with Crippen LogP contribution in [0.25, 0.3) is 0 Å². The van der Waals surface area contributed by atoms with E-state index in [1.165, 1.54) is 16.7 Å². The second-order valence-corrected chi connectivity index (χ2v) is 7.34. The topological polar surface area (TPSA) is 12.5 Å². The van der Waals surface area contributed by atoms with Gasteiger partial charge in [0.25, 0.3) is 0 Å². The molecule has 0 unspecified atom stereocenters. The lowest BCUT2D eigenvalue weighted by Gasteiger charge is -2.37. The van der Waals surface area contributed by atoms with E-state index in [1.807, 2.05) is 0 Å². The molecule has 1 aliphatic heterocycles. The Hall–Kier alpha value is -1.51. The summed E-state index contributed by atoms with van der Waals surface area (Å²) >= 11 is 6.58. The summed E-state index contributed by atoms with van der Waals surface area (Å²) in [7, 11) is 0. The van der Waals surface area contributed by atoms with Crippen molar-refractivity contribution < 1.29 is 4.74 Å². The third kappa shape index (κ3) is 4.31. The van der Waals surface area contributed by atoms with Crippen LogP contribution >= 0.6 is 11.6 Å². The van der Waals surface area contributed by atoms with Crippen molar-refractivity contribution >= 4 is 17.3 Å². The molecule has 2 atom stereocenters. The van der Waals surface area contributed by atoms with E-state index in [1.54, 1.807) is 0 Å². The normalized spacial score (nSPS) is 21.1. The molecule has 1 saturated heterocycles. The molecule has 0 aliphatic carbocycles. The Labute approximate surface area is 150 Å². The van der Waals surface area contributed by atoms with Crippen molar-refractivity contribution in [3.8, 4) is 0 Å². The highest BCUT2D eigenvalue weighted by molar-refractivity contribution is 6.33. The van der Waals surface area contributed by atoms with Crippen LogP contribution in [0, 0.1) is 6.92 Å². The van der Waals surface area contributed by atoms with Crippen molar-refractivity contribution in [1.82, 2.24) is 0 Å². The number of anilines is 1. The zero-order chi connectivity index (χ0) is 17.1. The maximum atomic E-state index is 6.58. The number of ether oxygens (including phenoxy) is 1. The highest BCUT2D eigenvalue weighted by atomic mass is 35.5. The van der Waals surface area contributed by atoms with E-state index in [-0.39, 0.29) is 12.2 Å². The Kier molecular flexibility index (Phi) is 5.47. The Morgan fingerprint density at radius 2 is 1.54 bits per heavy atom. The predicted molar refractivity (Wildman–Crippen MR) is 102 cm³/mol. The summed E-state index contributed by atoms with van der Waals surface area (Å²) in [4.78, 5) is 2.34. The molecule has 0 amide bonds. The van der Waals surface area contributed by atoms with Gasteiger partial charge in [0.1, 0.15) is 0 Å². The Bertz CT molecular complexity index is 673. The molecule has 24 heavy (non-hydrogen) atoms. The van der Waals surface area contributed by atoms with Gasteiger partial charge < -0.3 is 9.64 Å². The third-order valence-corrected chi connectivity index (χ3v) is 4.90. The summed E-state index contributed by atoms with van der Waals surface area (Å²) < 4.78 is 5.81. The lowest BCUT2D eigenvalue weighted by Crippen LogP contribution is -2.45. The van der Waals surface area contributed by atoms with Crippen LogP contribution in [0.5, 0.6) is 0 Å². The number of halogens is 1. The molecule has 1 heterocycles. The van der Waals surface area contributed by atoms with Crippen molar-refractivity contribution in [3.63, 3.8) is 0 Å². The lowest BCUT2D eigenvalue weighted by molar-refractivity contribution is -0.00520. The zero-order valence-electron chi connectivity index (χ0n) is 14.8. The first-order valence-corrected chi connectivity index (χ1v) is 9.13. The average Bonchev–Trinajstić information content (AvgIpc) is 2.53. The molecular formula is C21H26ClNO. The number of aryl methyl sites for hydroxylation is 3. The molecule has 2 aromatic rings. The Balaban J connectivity index is 1.67. The van der Waals surface area contributed by atoms with Gasteiger partial charge in [0.05, 0.1) is 22.9 Å². The Morgan fingerprint density at radius 3 is 2.17 bits per heavy atom. The SMILES string of the molecule is Cc1ccc(CCc2ccc(N3C[C@@H](C)O[C@@H](C)C3)c(Cl)c2)cc1. The van der Waals surface area contributed by atoms with Crippen LogP contribution in [-0.4, -0.2) is 25.3 Å². The van der Waals surface area contributed by atoms with Gasteiger partial charge in [-0.3, -0.25) is 0 Å². The molecule has 0 N–H and O–H groups in total. The standard InChI is InChI=1S/C21H26ClNO/c1-15-4-6-18(7-5-15)8-9-19-10-11-21(20(22)12-19)23-13-16(2)24-17(3)14-23/h4-7,10-12,16-17H,8-9,13-14H2,1-3H3/t16-,17+. The number of morpholine rings is 1. The first kappa shape index (κ1) is 17.3. The van der Waals surface area contributed by atoms with Gasteiger partial charge in [0.15, 0.2) is 0 Å². The van der Waals surface area contributed by atoms with E-state index in [9.17, 15) is 0 Å². The minimum absolute atomic E-state index is 0.242. The molecular weight excluding hydrogens is 318 g/mol. The molecule has 2 nitrogen and oxygen atoms in total. The van der Waals surface area contributed by atoms with Gasteiger partial charge in [-0.25, -0.2) is 0 Å². The number of hydrogen-bond acceptors (Lipinski definition) is 2. The van der Waals surface area contributed by atoms with Crippen molar-refractivity contribution in [2.45, 2.75) is 45.8 Å². The van der Waals surface area contributed by atoms with Gasteiger partial charge >= 0.3 is 0 Å². The molecule has 0 saturated carbocycles. The number of hydrogen-bond donors (Lipinski definition) is 0. The van der Waals surface area contributed by atoms with Crippen molar-refractivity contribution in [2.24, 2.45) is 0 Å². The molecule has 128 valence electrons. The molecule has 3 heteroatoms. The summed E-state index contributed by atoms with van der Waals surface area (Å²) in [5.41, 5.74) is 5.09. The minimum atomic E-state index is 0.242. The van der Waals surface area contributed by atoms with Gasteiger partial charge in [0.2, 0.25) is 0 Å². The first-order valence-electron chi connectivity index (χ1n) is 8.75. The van der Waals surface area contributed by atoms with E-state index in [0.29, 0.717) is 0 Å². The van der Waals surface area contributed by atoms with E-state index in [0.717, 1.165) is 36.6 Å². The molecule has 0 aromatic heterocycles. The van der Waals surface area contributed by atoms with E-state index in [4.69, 9.17) is 16.3 Å². The van der Waals surface area contributed by atoms with Gasteiger partial charge in [-0.05, 0) is 56.9 Å². The maximum absolute atomic E-state index is 6.58. The van der Waals surface area contributed by atoms with Gasteiger partial charge in [-0.15, -0.1) is 0 Å². The Morgan fingerprint density at radius 1 is 0.958 bits per heavy atom. The van der Waals surface area contributed by atoms with Gasteiger partial charge in [-0.2, -0.15) is 0 Å². The summed E-state index contributed by atoms with van der Waals surface area (Å²) in [6, 6.07) is 15.3. The van der Waals surface area contributed by atoms with Crippen LogP contribution in [0.15, 0.2) is 42.5 Å². The van der Waals surface area contributed by atoms with Gasteiger partial charge in [0, 0.05) is 13.1 Å². The predicted octanol–water partition coefficient (Wildman–Crippen LogP) is 5.05. The minimum Gasteiger partial charge on any atom is -0.372 e. The molecule has 1 fully saturated rings. The van der Waals surface area contributed by atoms with Crippen LogP contribution in [0.1, 0.15) is 30.5 Å². The summed E-state index contributed by atoms with van der Waals surface area (Å²) in [6.45, 7) is 8.15. The van der Waals surface area contributed by atoms with E-state index >= 15 is 0 Å². The number of benzene rings is 2. The van der Waals surface area contributed by atoms with Crippen LogP contribution < -0.4 is 4.90 Å². The van der Waals surface area contributed by atoms with E-state index < -0.39 is 0 Å². The van der Waals surface area contributed by atoms with Crippen molar-refractivity contribution in [3.05, 3.63) is 64.2 Å². The zero-order valence-corrected chi connectivity index (χ0v) is 15.5. The summed E-state index contributed by atoms with van der Waals surface area (Å²) in [5.74, 6) is 0. The summed E-state index contributed by atoms with van der Waals surface area (Å²) in [5, 5.41) is 0.845. The largest absolute Gasteiger partial charge is 0.372 e. The fourth-order valence-corrected chi connectivity index (χ4v) is 3.70. The number of nitrogens with zero attached hydrogens (tertiary/aromatic N) is 1. The van der Waals surface area contributed by atoms with Crippen LogP contribution in [0.2, 0.25) is 5.02 Å². The maximum Gasteiger partial charge on any atom is 0.0726 e. The molecule has 0 spiro atoms. The lowest BCUT2D eigenvalue weighted by atomic mass is 10.0. The quantitative estimate of drug-likeness (QED) is 0.770. The second kappa shape index (κ2) is 7.58. The van der Waals surface area contributed by atoms with Gasteiger partial charge in [-0.1, -0.05) is 47.5 Å². The molecule has 0 radical (unpaired) electrons. The van der Waals surface area contributed by atoms with Crippen LogP contribution in [0.3, 0.4) is 0 Å². The van der Waals surface area contributed by atoms with Crippen LogP contribution in [0.4, 0.5) is 5.69 Å². The average molecular weight is 344 g/mol. The fourth-order valence-electron chi connectivity index (χ4n) is 3.38. The number of rotatable bonds is 4. The highest BCUT2D eigenvalue weighted by Gasteiger charge is 2.23. The van der Waals surface area contributed by atoms with Crippen LogP contribution in [-0.2, 0) is 17.6 Å². The molecule has 1 aliphatic rings. The fraction of sp³-hybridized carbons (Fsp3) is 0.429. The third-order valence-electron chi connectivity index (χ3n) is 4.60. The first-order chi connectivity index (χ1) is 11.5. The molecule has 2 aromatic carbocycles.